The zero-order chi connectivity index (χ0) is 12.5. The molecule has 4 nitrogen and oxygen atoms in total. The maximum Gasteiger partial charge on any atom is 0.241 e. The lowest BCUT2D eigenvalue weighted by atomic mass is 10.3. The standard InChI is InChI=1S/C11H17NO3S2/c1-8-11(6-10(7-13)16-8)17(14,15)12-5-4-9-2-3-9/h6,9,12-13H,2-5,7H2,1H3. The molecule has 1 aromatic heterocycles. The third-order valence-corrected chi connectivity index (χ3v) is 5.66. The van der Waals surface area contributed by atoms with Crippen LogP contribution in [0.1, 0.15) is 29.0 Å². The van der Waals surface area contributed by atoms with Crippen LogP contribution in [0, 0.1) is 12.8 Å². The van der Waals surface area contributed by atoms with Crippen molar-refractivity contribution >= 4 is 21.4 Å². The fourth-order valence-electron chi connectivity index (χ4n) is 1.75. The van der Waals surface area contributed by atoms with Crippen molar-refractivity contribution in [1.29, 1.82) is 0 Å². The van der Waals surface area contributed by atoms with Crippen LogP contribution in [0.5, 0.6) is 0 Å². The molecule has 1 heterocycles. The molecule has 96 valence electrons. The SMILES string of the molecule is Cc1sc(CO)cc1S(=O)(=O)NCCC1CC1. The van der Waals surface area contributed by atoms with E-state index in [0.29, 0.717) is 22.2 Å². The summed E-state index contributed by atoms with van der Waals surface area (Å²) < 4.78 is 26.6. The van der Waals surface area contributed by atoms with Crippen LogP contribution in [0.3, 0.4) is 0 Å². The molecular formula is C11H17NO3S2. The van der Waals surface area contributed by atoms with E-state index in [1.807, 2.05) is 0 Å². The molecule has 0 aliphatic heterocycles. The third-order valence-electron chi connectivity index (χ3n) is 2.91. The minimum Gasteiger partial charge on any atom is -0.391 e. The van der Waals surface area contributed by atoms with Crippen molar-refractivity contribution < 1.29 is 13.5 Å². The number of thiophene rings is 1. The molecule has 0 aromatic carbocycles. The van der Waals surface area contributed by atoms with Gasteiger partial charge < -0.3 is 5.11 Å². The van der Waals surface area contributed by atoms with Gasteiger partial charge in [-0.1, -0.05) is 12.8 Å². The second-order valence-electron chi connectivity index (χ2n) is 4.42. The molecule has 0 bridgehead atoms. The molecule has 1 aliphatic rings. The van der Waals surface area contributed by atoms with E-state index < -0.39 is 10.0 Å². The van der Waals surface area contributed by atoms with E-state index in [-0.39, 0.29) is 6.61 Å². The predicted molar refractivity (Wildman–Crippen MR) is 67.5 cm³/mol. The van der Waals surface area contributed by atoms with Gasteiger partial charge in [-0.25, -0.2) is 13.1 Å². The first-order valence-corrected chi connectivity index (χ1v) is 8.02. The summed E-state index contributed by atoms with van der Waals surface area (Å²) >= 11 is 1.32. The minimum atomic E-state index is -3.40. The van der Waals surface area contributed by atoms with E-state index in [1.165, 1.54) is 24.2 Å². The molecule has 2 rings (SSSR count). The first kappa shape index (κ1) is 13.0. The van der Waals surface area contributed by atoms with E-state index in [0.717, 1.165) is 11.3 Å². The molecule has 0 saturated heterocycles. The quantitative estimate of drug-likeness (QED) is 0.829. The van der Waals surface area contributed by atoms with Crippen LogP contribution in [0.4, 0.5) is 0 Å². The Morgan fingerprint density at radius 1 is 1.53 bits per heavy atom. The Labute approximate surface area is 106 Å². The van der Waals surface area contributed by atoms with E-state index in [2.05, 4.69) is 4.72 Å². The van der Waals surface area contributed by atoms with Gasteiger partial charge in [0.2, 0.25) is 10.0 Å². The predicted octanol–water partition coefficient (Wildman–Crippen LogP) is 1.63. The summed E-state index contributed by atoms with van der Waals surface area (Å²) in [5.74, 6) is 0.717. The number of aryl methyl sites for hydroxylation is 1. The summed E-state index contributed by atoms with van der Waals surface area (Å²) in [5.41, 5.74) is 0. The summed E-state index contributed by atoms with van der Waals surface area (Å²) in [6.07, 6.45) is 3.39. The molecular weight excluding hydrogens is 258 g/mol. The third kappa shape index (κ3) is 3.28. The average molecular weight is 275 g/mol. The summed E-state index contributed by atoms with van der Waals surface area (Å²) in [4.78, 5) is 1.72. The van der Waals surface area contributed by atoms with E-state index in [1.54, 1.807) is 13.0 Å². The Morgan fingerprint density at radius 3 is 2.76 bits per heavy atom. The Balaban J connectivity index is 2.03. The molecule has 1 aliphatic carbocycles. The summed E-state index contributed by atoms with van der Waals surface area (Å²) in [7, 11) is -3.40. The lowest BCUT2D eigenvalue weighted by molar-refractivity contribution is 0.285. The molecule has 0 radical (unpaired) electrons. The highest BCUT2D eigenvalue weighted by Crippen LogP contribution is 2.32. The van der Waals surface area contributed by atoms with Crippen LogP contribution >= 0.6 is 11.3 Å². The molecule has 0 unspecified atom stereocenters. The lowest BCUT2D eigenvalue weighted by Gasteiger charge is -2.05. The van der Waals surface area contributed by atoms with Crippen molar-refractivity contribution in [3.8, 4) is 0 Å². The van der Waals surface area contributed by atoms with Gasteiger partial charge in [0.05, 0.1) is 11.5 Å². The highest BCUT2D eigenvalue weighted by molar-refractivity contribution is 7.89. The van der Waals surface area contributed by atoms with Crippen LogP contribution in [-0.2, 0) is 16.6 Å². The van der Waals surface area contributed by atoms with Crippen molar-refractivity contribution in [3.63, 3.8) is 0 Å². The molecule has 0 amide bonds. The molecule has 17 heavy (non-hydrogen) atoms. The maximum absolute atomic E-state index is 12.0. The zero-order valence-corrected chi connectivity index (χ0v) is 11.4. The van der Waals surface area contributed by atoms with Crippen molar-refractivity contribution in [3.05, 3.63) is 15.8 Å². The monoisotopic (exact) mass is 275 g/mol. The van der Waals surface area contributed by atoms with Crippen LogP contribution in [-0.4, -0.2) is 20.1 Å². The van der Waals surface area contributed by atoms with Gasteiger partial charge in [-0.15, -0.1) is 11.3 Å². The fourth-order valence-corrected chi connectivity index (χ4v) is 4.29. The van der Waals surface area contributed by atoms with Gasteiger partial charge in [0, 0.05) is 16.3 Å². The number of hydrogen-bond acceptors (Lipinski definition) is 4. The van der Waals surface area contributed by atoms with Gasteiger partial charge >= 0.3 is 0 Å². The highest BCUT2D eigenvalue weighted by atomic mass is 32.2. The van der Waals surface area contributed by atoms with E-state index >= 15 is 0 Å². The van der Waals surface area contributed by atoms with Crippen molar-refractivity contribution in [2.24, 2.45) is 5.92 Å². The van der Waals surface area contributed by atoms with Crippen molar-refractivity contribution in [2.45, 2.75) is 37.7 Å². The minimum absolute atomic E-state index is 0.108. The van der Waals surface area contributed by atoms with Gasteiger partial charge in [0.15, 0.2) is 0 Å². The summed E-state index contributed by atoms with van der Waals surface area (Å²) in [6, 6.07) is 1.56. The lowest BCUT2D eigenvalue weighted by Crippen LogP contribution is -2.25. The molecule has 1 saturated carbocycles. The Morgan fingerprint density at radius 2 is 2.24 bits per heavy atom. The number of aliphatic hydroxyl groups excluding tert-OH is 1. The van der Waals surface area contributed by atoms with Crippen LogP contribution in [0.2, 0.25) is 0 Å². The largest absolute Gasteiger partial charge is 0.391 e. The molecule has 1 aromatic rings. The van der Waals surface area contributed by atoms with Gasteiger partial charge in [-0.05, 0) is 25.3 Å². The number of sulfonamides is 1. The number of rotatable bonds is 6. The van der Waals surface area contributed by atoms with Crippen LogP contribution in [0.15, 0.2) is 11.0 Å². The smallest absolute Gasteiger partial charge is 0.241 e. The molecule has 2 N–H and O–H groups in total. The van der Waals surface area contributed by atoms with Gasteiger partial charge in [-0.3, -0.25) is 0 Å². The number of nitrogens with one attached hydrogen (secondary N) is 1. The fraction of sp³-hybridized carbons (Fsp3) is 0.636. The normalized spacial score (nSPS) is 16.4. The average Bonchev–Trinajstić information content (AvgIpc) is 2.99. The molecule has 6 heteroatoms. The van der Waals surface area contributed by atoms with E-state index in [4.69, 9.17) is 5.11 Å². The highest BCUT2D eigenvalue weighted by Gasteiger charge is 2.23. The summed E-state index contributed by atoms with van der Waals surface area (Å²) in [6.45, 7) is 2.17. The zero-order valence-electron chi connectivity index (χ0n) is 9.77. The van der Waals surface area contributed by atoms with Gasteiger partial charge in [-0.2, -0.15) is 0 Å². The topological polar surface area (TPSA) is 66.4 Å². The van der Waals surface area contributed by atoms with Crippen LogP contribution < -0.4 is 4.72 Å². The number of aliphatic hydroxyl groups is 1. The van der Waals surface area contributed by atoms with Gasteiger partial charge in [0.25, 0.3) is 0 Å². The second kappa shape index (κ2) is 5.06. The first-order chi connectivity index (χ1) is 8.03. The Bertz CT molecular complexity index is 489. The maximum atomic E-state index is 12.0. The molecule has 0 spiro atoms. The molecule has 1 fully saturated rings. The van der Waals surface area contributed by atoms with E-state index in [9.17, 15) is 8.42 Å². The Hall–Kier alpha value is -0.430. The first-order valence-electron chi connectivity index (χ1n) is 5.73. The Kier molecular flexibility index (Phi) is 3.87. The summed E-state index contributed by atoms with van der Waals surface area (Å²) in [5, 5.41) is 8.99. The van der Waals surface area contributed by atoms with Gasteiger partial charge in [0.1, 0.15) is 0 Å². The molecule has 0 atom stereocenters. The van der Waals surface area contributed by atoms with Crippen molar-refractivity contribution in [1.82, 2.24) is 4.72 Å². The second-order valence-corrected chi connectivity index (χ2v) is 7.50. The van der Waals surface area contributed by atoms with Crippen molar-refractivity contribution in [2.75, 3.05) is 6.54 Å². The number of hydrogen-bond donors (Lipinski definition) is 2. The van der Waals surface area contributed by atoms with Crippen LogP contribution in [0.25, 0.3) is 0 Å².